The van der Waals surface area contributed by atoms with Gasteiger partial charge in [0.15, 0.2) is 11.5 Å². The molecule has 1 aromatic carbocycles. The second-order valence-corrected chi connectivity index (χ2v) is 5.15. The molecule has 8 heteroatoms. The molecule has 0 aliphatic carbocycles. The summed E-state index contributed by atoms with van der Waals surface area (Å²) in [5.41, 5.74) is 1.52. The summed E-state index contributed by atoms with van der Waals surface area (Å²) in [6, 6.07) is 4.92. The lowest BCUT2D eigenvalue weighted by Crippen LogP contribution is -2.30. The molecule has 0 fully saturated rings. The Hall–Kier alpha value is -2.90. The van der Waals surface area contributed by atoms with Gasteiger partial charge in [-0.2, -0.15) is 0 Å². The summed E-state index contributed by atoms with van der Waals surface area (Å²) in [4.78, 5) is 13.7. The Morgan fingerprint density at radius 1 is 1.17 bits per heavy atom. The highest BCUT2D eigenvalue weighted by Gasteiger charge is 2.16. The Morgan fingerprint density at radius 3 is 2.25 bits per heavy atom. The molecule has 1 aromatic heterocycles. The highest BCUT2D eigenvalue weighted by Crippen LogP contribution is 2.38. The molecule has 0 aliphatic rings. The second-order valence-electron chi connectivity index (χ2n) is 5.15. The lowest BCUT2D eigenvalue weighted by atomic mass is 10.1. The third kappa shape index (κ3) is 3.89. The zero-order chi connectivity index (χ0) is 17.7. The van der Waals surface area contributed by atoms with Gasteiger partial charge in [0.05, 0.1) is 27.0 Å². The van der Waals surface area contributed by atoms with Crippen LogP contribution in [-0.2, 0) is 6.54 Å². The summed E-state index contributed by atoms with van der Waals surface area (Å²) >= 11 is 0. The largest absolute Gasteiger partial charge is 0.493 e. The molecular formula is C16H21N3O5. The number of carbonyl (C=O) groups excluding carboxylic acids is 1. The van der Waals surface area contributed by atoms with Gasteiger partial charge in [0, 0.05) is 19.7 Å². The Kier molecular flexibility index (Phi) is 5.51. The predicted octanol–water partition coefficient (Wildman–Crippen LogP) is 2.67. The average Bonchev–Trinajstić information content (AvgIpc) is 2.98. The molecule has 2 rings (SSSR count). The maximum Gasteiger partial charge on any atom is 0.324 e. The van der Waals surface area contributed by atoms with E-state index < -0.39 is 0 Å². The van der Waals surface area contributed by atoms with Gasteiger partial charge < -0.3 is 23.6 Å². The summed E-state index contributed by atoms with van der Waals surface area (Å²) in [7, 11) is 6.30. The number of aryl methyl sites for hydroxylation is 1. The molecule has 1 N–H and O–H groups in total. The third-order valence-electron chi connectivity index (χ3n) is 3.35. The fraction of sp³-hybridized carbons (Fsp3) is 0.375. The number of urea groups is 1. The molecule has 2 aromatic rings. The van der Waals surface area contributed by atoms with Gasteiger partial charge in [0.25, 0.3) is 0 Å². The summed E-state index contributed by atoms with van der Waals surface area (Å²) in [5.74, 6) is 1.88. The summed E-state index contributed by atoms with van der Waals surface area (Å²) < 4.78 is 20.9. The molecule has 24 heavy (non-hydrogen) atoms. The van der Waals surface area contributed by atoms with Gasteiger partial charge in [-0.15, -0.1) is 0 Å². The van der Waals surface area contributed by atoms with E-state index in [1.165, 1.54) is 4.90 Å². The molecule has 0 atom stereocenters. The SMILES string of the molecule is COc1cc(CN(C)C(=O)Nc2cc(C)no2)cc(OC)c1OC. The summed E-state index contributed by atoms with van der Waals surface area (Å²) in [6.45, 7) is 2.12. The maximum absolute atomic E-state index is 12.2. The van der Waals surface area contributed by atoms with E-state index in [0.717, 1.165) is 5.56 Å². The normalized spacial score (nSPS) is 10.2. The molecule has 1 heterocycles. The van der Waals surface area contributed by atoms with Crippen molar-refractivity contribution in [2.75, 3.05) is 33.7 Å². The lowest BCUT2D eigenvalue weighted by molar-refractivity contribution is 0.219. The number of hydrogen-bond donors (Lipinski definition) is 1. The van der Waals surface area contributed by atoms with Gasteiger partial charge in [0.1, 0.15) is 0 Å². The first-order valence-corrected chi connectivity index (χ1v) is 7.22. The van der Waals surface area contributed by atoms with Crippen LogP contribution in [0, 0.1) is 6.92 Å². The highest BCUT2D eigenvalue weighted by atomic mass is 16.5. The van der Waals surface area contributed by atoms with Crippen LogP contribution in [0.3, 0.4) is 0 Å². The van der Waals surface area contributed by atoms with E-state index in [-0.39, 0.29) is 6.03 Å². The monoisotopic (exact) mass is 335 g/mol. The number of anilines is 1. The van der Waals surface area contributed by atoms with E-state index in [9.17, 15) is 4.79 Å². The van der Waals surface area contributed by atoms with E-state index >= 15 is 0 Å². The van der Waals surface area contributed by atoms with Crippen molar-refractivity contribution >= 4 is 11.9 Å². The van der Waals surface area contributed by atoms with Crippen molar-refractivity contribution in [3.63, 3.8) is 0 Å². The Balaban J connectivity index is 2.12. The standard InChI is InChI=1S/C16H21N3O5/c1-10-6-14(24-18-10)17-16(20)19(2)9-11-7-12(21-3)15(23-5)13(8-11)22-4/h6-8H,9H2,1-5H3,(H,17,20). The van der Waals surface area contributed by atoms with Crippen LogP contribution in [0.15, 0.2) is 22.7 Å². The number of rotatable bonds is 6. The zero-order valence-electron chi connectivity index (χ0n) is 14.4. The Bertz CT molecular complexity index is 688. The molecular weight excluding hydrogens is 314 g/mol. The number of benzene rings is 1. The molecule has 0 saturated carbocycles. The molecule has 0 bridgehead atoms. The molecule has 0 aliphatic heterocycles. The molecule has 8 nitrogen and oxygen atoms in total. The van der Waals surface area contributed by atoms with Crippen LogP contribution in [-0.4, -0.2) is 44.5 Å². The van der Waals surface area contributed by atoms with Crippen molar-refractivity contribution in [1.29, 1.82) is 0 Å². The molecule has 0 radical (unpaired) electrons. The van der Waals surface area contributed by atoms with E-state index in [0.29, 0.717) is 35.4 Å². The van der Waals surface area contributed by atoms with E-state index in [1.807, 2.05) is 0 Å². The van der Waals surface area contributed by atoms with Crippen LogP contribution < -0.4 is 19.5 Å². The molecule has 0 spiro atoms. The lowest BCUT2D eigenvalue weighted by Gasteiger charge is -2.19. The van der Waals surface area contributed by atoms with Gasteiger partial charge in [-0.1, -0.05) is 5.16 Å². The van der Waals surface area contributed by atoms with Crippen molar-refractivity contribution in [1.82, 2.24) is 10.1 Å². The fourth-order valence-corrected chi connectivity index (χ4v) is 2.20. The first kappa shape index (κ1) is 17.5. The van der Waals surface area contributed by atoms with Crippen LogP contribution in [0.4, 0.5) is 10.7 Å². The van der Waals surface area contributed by atoms with Gasteiger partial charge in [-0.05, 0) is 24.6 Å². The van der Waals surface area contributed by atoms with Gasteiger partial charge in [-0.3, -0.25) is 5.32 Å². The number of hydrogen-bond acceptors (Lipinski definition) is 6. The summed E-state index contributed by atoms with van der Waals surface area (Å²) in [6.07, 6.45) is 0. The topological polar surface area (TPSA) is 86.1 Å². The first-order chi connectivity index (χ1) is 11.5. The van der Waals surface area contributed by atoms with Gasteiger partial charge >= 0.3 is 6.03 Å². The maximum atomic E-state index is 12.2. The van der Waals surface area contributed by atoms with Crippen LogP contribution in [0.1, 0.15) is 11.3 Å². The van der Waals surface area contributed by atoms with Crippen molar-refractivity contribution in [2.45, 2.75) is 13.5 Å². The number of nitrogens with zero attached hydrogens (tertiary/aromatic N) is 2. The number of aromatic nitrogens is 1. The van der Waals surface area contributed by atoms with Crippen LogP contribution in [0.2, 0.25) is 0 Å². The second kappa shape index (κ2) is 7.58. The predicted molar refractivity (Wildman–Crippen MR) is 87.8 cm³/mol. The summed E-state index contributed by atoms with van der Waals surface area (Å²) in [5, 5.41) is 6.36. The molecule has 0 unspecified atom stereocenters. The number of nitrogens with one attached hydrogen (secondary N) is 1. The highest BCUT2D eigenvalue weighted by molar-refractivity contribution is 5.87. The minimum atomic E-state index is -0.320. The first-order valence-electron chi connectivity index (χ1n) is 7.22. The van der Waals surface area contributed by atoms with Crippen molar-refractivity contribution in [3.8, 4) is 17.2 Å². The minimum Gasteiger partial charge on any atom is -0.493 e. The smallest absolute Gasteiger partial charge is 0.324 e. The third-order valence-corrected chi connectivity index (χ3v) is 3.35. The Morgan fingerprint density at radius 2 is 1.79 bits per heavy atom. The fourth-order valence-electron chi connectivity index (χ4n) is 2.20. The van der Waals surface area contributed by atoms with Crippen LogP contribution in [0.5, 0.6) is 17.2 Å². The van der Waals surface area contributed by atoms with Crippen molar-refractivity contribution in [2.24, 2.45) is 0 Å². The quantitative estimate of drug-likeness (QED) is 0.873. The number of methoxy groups -OCH3 is 3. The van der Waals surface area contributed by atoms with Crippen LogP contribution >= 0.6 is 0 Å². The van der Waals surface area contributed by atoms with Gasteiger partial charge in [-0.25, -0.2) is 4.79 Å². The number of ether oxygens (including phenoxy) is 3. The van der Waals surface area contributed by atoms with E-state index in [2.05, 4.69) is 10.5 Å². The van der Waals surface area contributed by atoms with E-state index in [1.54, 1.807) is 53.5 Å². The van der Waals surface area contributed by atoms with Crippen LogP contribution in [0.25, 0.3) is 0 Å². The molecule has 2 amide bonds. The molecule has 130 valence electrons. The molecule has 0 saturated heterocycles. The number of amides is 2. The van der Waals surface area contributed by atoms with Gasteiger partial charge in [0.2, 0.25) is 11.6 Å². The minimum absolute atomic E-state index is 0.300. The van der Waals surface area contributed by atoms with Crippen molar-refractivity contribution < 1.29 is 23.5 Å². The Labute approximate surface area is 140 Å². The number of carbonyl (C=O) groups is 1. The average molecular weight is 335 g/mol. The van der Waals surface area contributed by atoms with Crippen molar-refractivity contribution in [3.05, 3.63) is 29.5 Å². The zero-order valence-corrected chi connectivity index (χ0v) is 14.4. The van der Waals surface area contributed by atoms with E-state index in [4.69, 9.17) is 18.7 Å².